The predicted octanol–water partition coefficient (Wildman–Crippen LogP) is 4.94. The van der Waals surface area contributed by atoms with Crippen molar-refractivity contribution in [2.45, 2.75) is 26.8 Å². The van der Waals surface area contributed by atoms with Gasteiger partial charge in [-0.2, -0.15) is 0 Å². The van der Waals surface area contributed by atoms with Crippen LogP contribution in [0, 0.1) is 5.41 Å². The zero-order valence-corrected chi connectivity index (χ0v) is 16.6. The summed E-state index contributed by atoms with van der Waals surface area (Å²) in [4.78, 5) is 2.57. The van der Waals surface area contributed by atoms with E-state index in [4.69, 9.17) is 11.6 Å². The molecule has 0 saturated carbocycles. The lowest BCUT2D eigenvalue weighted by Gasteiger charge is -2.43. The molecule has 1 aromatic rings. The summed E-state index contributed by atoms with van der Waals surface area (Å²) in [5.74, 6) is 0. The van der Waals surface area contributed by atoms with Crippen molar-refractivity contribution in [3.05, 3.63) is 33.3 Å². The fraction of sp³-hybridized carbons (Fsp3) is 0.600. The fourth-order valence-electron chi connectivity index (χ4n) is 2.87. The third-order valence-corrected chi connectivity index (χ3v) is 4.52. The molecular weight excluding hydrogens is 394 g/mol. The lowest BCUT2D eigenvalue weighted by atomic mass is 9.81. The Morgan fingerprint density at radius 1 is 1.19 bits per heavy atom. The second kappa shape index (κ2) is 8.95. The van der Waals surface area contributed by atoms with Gasteiger partial charge in [0.1, 0.15) is 0 Å². The molecule has 0 radical (unpaired) electrons. The molecule has 1 aliphatic heterocycles. The van der Waals surface area contributed by atoms with Crippen LogP contribution in [0.4, 0.5) is 0 Å². The summed E-state index contributed by atoms with van der Waals surface area (Å²) < 4.78 is 1.11. The molecule has 1 N–H and O–H groups in total. The molecule has 2 rings (SSSR count). The second-order valence-electron chi connectivity index (χ2n) is 6.22. The predicted molar refractivity (Wildman–Crippen MR) is 100 cm³/mol. The first kappa shape index (κ1) is 21.5. The molecule has 2 nitrogen and oxygen atoms in total. The zero-order valence-electron chi connectivity index (χ0n) is 12.7. The van der Waals surface area contributed by atoms with Crippen LogP contribution in [0.2, 0.25) is 5.02 Å². The molecule has 122 valence electrons. The van der Waals surface area contributed by atoms with Gasteiger partial charge in [0.05, 0.1) is 0 Å². The van der Waals surface area contributed by atoms with E-state index in [1.807, 2.05) is 12.1 Å². The molecule has 6 heteroatoms. The number of hydrogen-bond acceptors (Lipinski definition) is 2. The minimum Gasteiger partial charge on any atom is -0.314 e. The van der Waals surface area contributed by atoms with Crippen LogP contribution >= 0.6 is 52.3 Å². The lowest BCUT2D eigenvalue weighted by Crippen LogP contribution is -2.48. The topological polar surface area (TPSA) is 15.3 Å². The zero-order chi connectivity index (χ0) is 14.0. The number of nitrogens with zero attached hydrogens (tertiary/aromatic N) is 1. The highest BCUT2D eigenvalue weighted by atomic mass is 79.9. The average molecular weight is 419 g/mol. The van der Waals surface area contributed by atoms with Crippen LogP contribution in [-0.2, 0) is 0 Å². The maximum absolute atomic E-state index is 6.07. The van der Waals surface area contributed by atoms with Gasteiger partial charge in [-0.1, -0.05) is 54.4 Å². The number of rotatable bonds is 2. The summed E-state index contributed by atoms with van der Waals surface area (Å²) >= 11 is 9.75. The molecule has 1 aromatic carbocycles. The SMILES string of the molecule is CC(C)(C)[C@@H](c1ccc(Cl)cc1Br)N1CCNCC1.Cl.Cl. The molecular formula is C15H24BrCl3N2. The first-order chi connectivity index (χ1) is 8.89. The summed E-state index contributed by atoms with van der Waals surface area (Å²) in [5, 5.41) is 4.20. The van der Waals surface area contributed by atoms with E-state index in [9.17, 15) is 0 Å². The summed E-state index contributed by atoms with van der Waals surface area (Å²) in [6.45, 7) is 11.2. The molecule has 1 heterocycles. The lowest BCUT2D eigenvalue weighted by molar-refractivity contribution is 0.0857. The van der Waals surface area contributed by atoms with E-state index in [1.54, 1.807) is 0 Å². The Morgan fingerprint density at radius 2 is 1.76 bits per heavy atom. The van der Waals surface area contributed by atoms with E-state index in [-0.39, 0.29) is 30.2 Å². The fourth-order valence-corrected chi connectivity index (χ4v) is 3.77. The molecule has 0 spiro atoms. The minimum absolute atomic E-state index is 0. The third kappa shape index (κ3) is 5.56. The van der Waals surface area contributed by atoms with Crippen molar-refractivity contribution in [3.8, 4) is 0 Å². The highest BCUT2D eigenvalue weighted by molar-refractivity contribution is 9.10. The van der Waals surface area contributed by atoms with Crippen LogP contribution in [0.15, 0.2) is 22.7 Å². The Kier molecular flexibility index (Phi) is 9.16. The first-order valence-electron chi connectivity index (χ1n) is 6.79. The first-order valence-corrected chi connectivity index (χ1v) is 7.96. The molecule has 0 bridgehead atoms. The number of hydrogen-bond donors (Lipinski definition) is 1. The summed E-state index contributed by atoms with van der Waals surface area (Å²) in [6, 6.07) is 6.55. The monoisotopic (exact) mass is 416 g/mol. The quantitative estimate of drug-likeness (QED) is 0.732. The van der Waals surface area contributed by atoms with Crippen molar-refractivity contribution in [1.82, 2.24) is 10.2 Å². The van der Waals surface area contributed by atoms with Gasteiger partial charge in [-0.05, 0) is 23.1 Å². The highest BCUT2D eigenvalue weighted by Gasteiger charge is 2.33. The molecule has 0 unspecified atom stereocenters. The molecule has 1 saturated heterocycles. The number of halogens is 4. The Hall–Kier alpha value is 0.490. The average Bonchev–Trinajstić information content (AvgIpc) is 2.32. The van der Waals surface area contributed by atoms with E-state index in [1.165, 1.54) is 5.56 Å². The normalized spacial score (nSPS) is 17.6. The van der Waals surface area contributed by atoms with E-state index < -0.39 is 0 Å². The maximum atomic E-state index is 6.07. The highest BCUT2D eigenvalue weighted by Crippen LogP contribution is 2.41. The molecule has 1 aliphatic rings. The van der Waals surface area contributed by atoms with Crippen LogP contribution in [0.1, 0.15) is 32.4 Å². The summed E-state index contributed by atoms with van der Waals surface area (Å²) in [7, 11) is 0. The van der Waals surface area contributed by atoms with Crippen molar-refractivity contribution in [1.29, 1.82) is 0 Å². The molecule has 1 fully saturated rings. The van der Waals surface area contributed by atoms with Crippen LogP contribution in [0.3, 0.4) is 0 Å². The van der Waals surface area contributed by atoms with Gasteiger partial charge in [-0.3, -0.25) is 4.90 Å². The van der Waals surface area contributed by atoms with Gasteiger partial charge in [0.25, 0.3) is 0 Å². The van der Waals surface area contributed by atoms with Gasteiger partial charge in [-0.15, -0.1) is 24.8 Å². The molecule has 21 heavy (non-hydrogen) atoms. The Bertz CT molecular complexity index is 443. The van der Waals surface area contributed by atoms with Crippen molar-refractivity contribution in [3.63, 3.8) is 0 Å². The molecule has 1 atom stereocenters. The van der Waals surface area contributed by atoms with E-state index in [0.717, 1.165) is 35.7 Å². The standard InChI is InChI=1S/C15H22BrClN2.2ClH/c1-15(2,3)14(19-8-6-18-7-9-19)12-5-4-11(17)10-13(12)16;;/h4-5,10,14,18H,6-9H2,1-3H3;2*1H/t14-;;/m1../s1. The smallest absolute Gasteiger partial charge is 0.0417 e. The second-order valence-corrected chi connectivity index (χ2v) is 7.51. The van der Waals surface area contributed by atoms with E-state index >= 15 is 0 Å². The minimum atomic E-state index is 0. The Morgan fingerprint density at radius 3 is 2.24 bits per heavy atom. The number of benzene rings is 1. The van der Waals surface area contributed by atoms with E-state index in [0.29, 0.717) is 6.04 Å². The van der Waals surface area contributed by atoms with Crippen molar-refractivity contribution >= 4 is 52.3 Å². The summed E-state index contributed by atoms with van der Waals surface area (Å²) in [6.07, 6.45) is 0. The van der Waals surface area contributed by atoms with Crippen molar-refractivity contribution < 1.29 is 0 Å². The summed E-state index contributed by atoms with van der Waals surface area (Å²) in [5.41, 5.74) is 1.52. The van der Waals surface area contributed by atoms with Gasteiger partial charge in [0, 0.05) is 41.7 Å². The molecule has 0 amide bonds. The Balaban J connectivity index is 0.00000200. The largest absolute Gasteiger partial charge is 0.314 e. The number of piperazine rings is 1. The van der Waals surface area contributed by atoms with Crippen LogP contribution in [-0.4, -0.2) is 31.1 Å². The number of nitrogens with one attached hydrogen (secondary N) is 1. The van der Waals surface area contributed by atoms with Crippen molar-refractivity contribution in [2.75, 3.05) is 26.2 Å². The van der Waals surface area contributed by atoms with Gasteiger partial charge >= 0.3 is 0 Å². The van der Waals surface area contributed by atoms with E-state index in [2.05, 4.69) is 53.0 Å². The van der Waals surface area contributed by atoms with Gasteiger partial charge in [0.15, 0.2) is 0 Å². The van der Waals surface area contributed by atoms with Gasteiger partial charge < -0.3 is 5.32 Å². The van der Waals surface area contributed by atoms with Crippen LogP contribution in [0.25, 0.3) is 0 Å². The van der Waals surface area contributed by atoms with Crippen molar-refractivity contribution in [2.24, 2.45) is 5.41 Å². The third-order valence-electron chi connectivity index (χ3n) is 3.59. The molecule has 0 aliphatic carbocycles. The van der Waals surface area contributed by atoms with Crippen LogP contribution < -0.4 is 5.32 Å². The molecule has 0 aromatic heterocycles. The Labute approximate surface area is 153 Å². The maximum Gasteiger partial charge on any atom is 0.0417 e. The van der Waals surface area contributed by atoms with Gasteiger partial charge in [-0.25, -0.2) is 0 Å². The van der Waals surface area contributed by atoms with Crippen LogP contribution in [0.5, 0.6) is 0 Å². The van der Waals surface area contributed by atoms with Gasteiger partial charge in [0.2, 0.25) is 0 Å².